The molecule has 1 aliphatic rings. The number of nitrogens with zero attached hydrogens (tertiary/aromatic N) is 3. The van der Waals surface area contributed by atoms with Crippen LogP contribution in [0.4, 0.5) is 0 Å². The van der Waals surface area contributed by atoms with Crippen molar-refractivity contribution in [3.05, 3.63) is 66.0 Å². The Bertz CT molecular complexity index is 899. The number of hydrogen-bond donors (Lipinski definition) is 3. The maximum absolute atomic E-state index is 6.09. The van der Waals surface area contributed by atoms with Crippen molar-refractivity contribution in [2.24, 2.45) is 10.7 Å². The number of likely N-dealkylation sites (tertiary alicyclic amines) is 1. The van der Waals surface area contributed by atoms with E-state index in [0.717, 1.165) is 49.2 Å². The quantitative estimate of drug-likeness (QED) is 0.292. The van der Waals surface area contributed by atoms with Gasteiger partial charge in [0.2, 0.25) is 0 Å². The first-order chi connectivity index (χ1) is 13.3. The molecule has 1 aliphatic heterocycles. The standard InChI is InChI=1S/C21H26N6.HI/c22-21(24-14-19-7-6-17-8-11-23-20(17)25-19)26-18-9-12-27(13-10-18)15-16-4-2-1-3-5-16;/h1-8,11,18H,9-10,12-15H2,(H,23,25)(H3,22,24,26);1H. The van der Waals surface area contributed by atoms with Crippen LogP contribution in [0.2, 0.25) is 0 Å². The van der Waals surface area contributed by atoms with Crippen LogP contribution in [0.15, 0.2) is 59.7 Å². The molecule has 7 heteroatoms. The third kappa shape index (κ3) is 5.45. The Labute approximate surface area is 182 Å². The lowest BCUT2D eigenvalue weighted by molar-refractivity contribution is 0.199. The first-order valence-electron chi connectivity index (χ1n) is 9.52. The molecule has 3 heterocycles. The van der Waals surface area contributed by atoms with Gasteiger partial charge in [-0.05, 0) is 36.6 Å². The van der Waals surface area contributed by atoms with Crippen molar-refractivity contribution in [2.45, 2.75) is 32.0 Å². The molecule has 6 nitrogen and oxygen atoms in total. The average molecular weight is 490 g/mol. The molecule has 1 aromatic carbocycles. The van der Waals surface area contributed by atoms with Gasteiger partial charge in [-0.25, -0.2) is 9.98 Å². The largest absolute Gasteiger partial charge is 0.370 e. The summed E-state index contributed by atoms with van der Waals surface area (Å²) in [6.07, 6.45) is 4.05. The van der Waals surface area contributed by atoms with Crippen molar-refractivity contribution in [3.63, 3.8) is 0 Å². The molecule has 0 atom stereocenters. The van der Waals surface area contributed by atoms with Crippen LogP contribution >= 0.6 is 24.0 Å². The molecule has 0 amide bonds. The van der Waals surface area contributed by atoms with Crippen molar-refractivity contribution in [1.29, 1.82) is 0 Å². The van der Waals surface area contributed by atoms with Gasteiger partial charge < -0.3 is 16.0 Å². The summed E-state index contributed by atoms with van der Waals surface area (Å²) < 4.78 is 0. The lowest BCUT2D eigenvalue weighted by Crippen LogP contribution is -2.46. The van der Waals surface area contributed by atoms with E-state index in [2.05, 4.69) is 61.6 Å². The predicted octanol–water partition coefficient (Wildman–Crippen LogP) is 3.25. The summed E-state index contributed by atoms with van der Waals surface area (Å²) in [6.45, 7) is 3.65. The molecule has 0 saturated carbocycles. The number of nitrogens with one attached hydrogen (secondary N) is 2. The van der Waals surface area contributed by atoms with Crippen molar-refractivity contribution in [3.8, 4) is 0 Å². The molecular formula is C21H27IN6. The number of guanidine groups is 1. The molecule has 4 rings (SSSR count). The summed E-state index contributed by atoms with van der Waals surface area (Å²) in [5.41, 5.74) is 9.26. The summed E-state index contributed by atoms with van der Waals surface area (Å²) in [5.74, 6) is 0.505. The lowest BCUT2D eigenvalue weighted by Gasteiger charge is -2.32. The number of aromatic amines is 1. The molecule has 0 aliphatic carbocycles. The summed E-state index contributed by atoms with van der Waals surface area (Å²) in [4.78, 5) is 14.6. The van der Waals surface area contributed by atoms with Crippen LogP contribution < -0.4 is 11.1 Å². The number of aliphatic imine (C=N–C) groups is 1. The first kappa shape index (κ1) is 20.6. The average Bonchev–Trinajstić information content (AvgIpc) is 3.17. The van der Waals surface area contributed by atoms with Crippen LogP contribution in [0.5, 0.6) is 0 Å². The third-order valence-corrected chi connectivity index (χ3v) is 5.07. The van der Waals surface area contributed by atoms with Crippen LogP contribution in [-0.4, -0.2) is 40.0 Å². The molecule has 4 N–H and O–H groups in total. The van der Waals surface area contributed by atoms with Crippen LogP contribution in [0.3, 0.4) is 0 Å². The van der Waals surface area contributed by atoms with Crippen molar-refractivity contribution in [1.82, 2.24) is 20.2 Å². The summed E-state index contributed by atoms with van der Waals surface area (Å²) in [7, 11) is 0. The Hall–Kier alpha value is -2.13. The number of fused-ring (bicyclic) bond motifs is 1. The van der Waals surface area contributed by atoms with E-state index >= 15 is 0 Å². The van der Waals surface area contributed by atoms with Gasteiger partial charge in [0, 0.05) is 37.3 Å². The second kappa shape index (κ2) is 9.88. The SMILES string of the molecule is I.NC(=NCc1ccc2cc[nH]c2n1)NC1CCN(Cc2ccccc2)CC1. The smallest absolute Gasteiger partial charge is 0.189 e. The van der Waals surface area contributed by atoms with Gasteiger partial charge in [-0.15, -0.1) is 24.0 Å². The fraction of sp³-hybridized carbons (Fsp3) is 0.333. The predicted molar refractivity (Wildman–Crippen MR) is 125 cm³/mol. The number of nitrogens with two attached hydrogens (primary N) is 1. The van der Waals surface area contributed by atoms with Gasteiger partial charge in [-0.3, -0.25) is 4.90 Å². The van der Waals surface area contributed by atoms with Crippen LogP contribution in [0, 0.1) is 0 Å². The lowest BCUT2D eigenvalue weighted by atomic mass is 10.0. The van der Waals surface area contributed by atoms with Crippen molar-refractivity contribution in [2.75, 3.05) is 13.1 Å². The minimum absolute atomic E-state index is 0. The van der Waals surface area contributed by atoms with Gasteiger partial charge in [0.15, 0.2) is 5.96 Å². The highest BCUT2D eigenvalue weighted by atomic mass is 127. The number of pyridine rings is 1. The molecule has 0 unspecified atom stereocenters. The second-order valence-electron chi connectivity index (χ2n) is 7.10. The fourth-order valence-electron chi connectivity index (χ4n) is 3.56. The Kier molecular flexibility index (Phi) is 7.27. The molecule has 0 radical (unpaired) electrons. The van der Waals surface area contributed by atoms with E-state index in [1.807, 2.05) is 18.3 Å². The molecule has 0 spiro atoms. The first-order valence-corrected chi connectivity index (χ1v) is 9.52. The van der Waals surface area contributed by atoms with Gasteiger partial charge in [0.25, 0.3) is 0 Å². The molecule has 2 aromatic heterocycles. The van der Waals surface area contributed by atoms with Crippen molar-refractivity contribution < 1.29 is 0 Å². The maximum atomic E-state index is 6.09. The number of benzene rings is 1. The Morgan fingerprint density at radius 3 is 2.71 bits per heavy atom. The van der Waals surface area contributed by atoms with E-state index in [-0.39, 0.29) is 24.0 Å². The van der Waals surface area contributed by atoms with E-state index in [1.54, 1.807) is 0 Å². The Morgan fingerprint density at radius 1 is 1.14 bits per heavy atom. The molecule has 28 heavy (non-hydrogen) atoms. The van der Waals surface area contributed by atoms with E-state index in [0.29, 0.717) is 18.5 Å². The minimum atomic E-state index is 0. The highest BCUT2D eigenvalue weighted by Crippen LogP contribution is 2.14. The number of hydrogen-bond acceptors (Lipinski definition) is 3. The van der Waals surface area contributed by atoms with Gasteiger partial charge in [-0.1, -0.05) is 30.3 Å². The van der Waals surface area contributed by atoms with Crippen LogP contribution in [-0.2, 0) is 13.1 Å². The number of piperidine rings is 1. The minimum Gasteiger partial charge on any atom is -0.370 e. The summed E-state index contributed by atoms with van der Waals surface area (Å²) in [5, 5.41) is 4.48. The number of rotatable bonds is 5. The second-order valence-corrected chi connectivity index (χ2v) is 7.10. The number of H-pyrrole nitrogens is 1. The normalized spacial score (nSPS) is 16.1. The zero-order valence-electron chi connectivity index (χ0n) is 15.8. The third-order valence-electron chi connectivity index (χ3n) is 5.07. The molecule has 1 fully saturated rings. The molecule has 1 saturated heterocycles. The highest BCUT2D eigenvalue weighted by molar-refractivity contribution is 14.0. The van der Waals surface area contributed by atoms with Gasteiger partial charge in [0.1, 0.15) is 5.65 Å². The van der Waals surface area contributed by atoms with Crippen LogP contribution in [0.1, 0.15) is 24.1 Å². The highest BCUT2D eigenvalue weighted by Gasteiger charge is 2.19. The fourth-order valence-corrected chi connectivity index (χ4v) is 3.56. The van der Waals surface area contributed by atoms with E-state index < -0.39 is 0 Å². The zero-order valence-corrected chi connectivity index (χ0v) is 18.2. The zero-order chi connectivity index (χ0) is 18.5. The summed E-state index contributed by atoms with van der Waals surface area (Å²) >= 11 is 0. The van der Waals surface area contributed by atoms with E-state index in [9.17, 15) is 0 Å². The molecule has 148 valence electrons. The monoisotopic (exact) mass is 490 g/mol. The number of halogens is 1. The molecule has 3 aromatic rings. The van der Waals surface area contributed by atoms with E-state index in [1.165, 1.54) is 5.56 Å². The van der Waals surface area contributed by atoms with Crippen LogP contribution in [0.25, 0.3) is 11.0 Å². The van der Waals surface area contributed by atoms with Crippen molar-refractivity contribution >= 4 is 41.0 Å². The molecule has 0 bridgehead atoms. The van der Waals surface area contributed by atoms with Gasteiger partial charge in [0.05, 0.1) is 12.2 Å². The molecular weight excluding hydrogens is 463 g/mol. The Morgan fingerprint density at radius 2 is 1.93 bits per heavy atom. The topological polar surface area (TPSA) is 82.3 Å². The van der Waals surface area contributed by atoms with Gasteiger partial charge >= 0.3 is 0 Å². The number of aromatic nitrogens is 2. The van der Waals surface area contributed by atoms with Gasteiger partial charge in [-0.2, -0.15) is 0 Å². The van der Waals surface area contributed by atoms with E-state index in [4.69, 9.17) is 5.73 Å². The summed E-state index contributed by atoms with van der Waals surface area (Å²) in [6, 6.07) is 17.1. The maximum Gasteiger partial charge on any atom is 0.189 e. The Balaban J connectivity index is 0.00000225.